The highest BCUT2D eigenvalue weighted by molar-refractivity contribution is 14.1. The number of methoxy groups -OCH3 is 1. The maximum Gasteiger partial charge on any atom is 0.312 e. The number of carbonyl (C=O) groups excluding carboxylic acids is 1. The lowest BCUT2D eigenvalue weighted by Crippen LogP contribution is -2.11. The van der Waals surface area contributed by atoms with Gasteiger partial charge >= 0.3 is 5.97 Å². The summed E-state index contributed by atoms with van der Waals surface area (Å²) in [5, 5.41) is 0. The maximum absolute atomic E-state index is 12.6. The van der Waals surface area contributed by atoms with Crippen molar-refractivity contribution in [1.29, 1.82) is 0 Å². The van der Waals surface area contributed by atoms with Gasteiger partial charge in [0.25, 0.3) is 6.43 Å². The molecule has 0 aliphatic rings. The Morgan fingerprint density at radius 3 is 2.72 bits per heavy atom. The number of carbonyl (C=O) groups is 1. The van der Waals surface area contributed by atoms with Gasteiger partial charge < -0.3 is 9.47 Å². The van der Waals surface area contributed by atoms with E-state index in [-0.39, 0.29) is 24.4 Å². The molecule has 0 aromatic carbocycles. The Labute approximate surface area is 117 Å². The van der Waals surface area contributed by atoms with Gasteiger partial charge in [0.15, 0.2) is 5.75 Å². The molecule has 4 nitrogen and oxygen atoms in total. The Morgan fingerprint density at radius 1 is 1.56 bits per heavy atom. The zero-order chi connectivity index (χ0) is 13.7. The Hall–Kier alpha value is -0.990. The van der Waals surface area contributed by atoms with E-state index < -0.39 is 12.4 Å². The van der Waals surface area contributed by atoms with E-state index in [0.29, 0.717) is 9.32 Å². The highest BCUT2D eigenvalue weighted by Crippen LogP contribution is 2.29. The van der Waals surface area contributed by atoms with Gasteiger partial charge in [-0.15, -0.1) is 0 Å². The van der Waals surface area contributed by atoms with E-state index in [1.165, 1.54) is 13.2 Å². The van der Waals surface area contributed by atoms with Gasteiger partial charge in [0.2, 0.25) is 0 Å². The first kappa shape index (κ1) is 15.1. The topological polar surface area (TPSA) is 48.4 Å². The molecule has 18 heavy (non-hydrogen) atoms. The fraction of sp³-hybridized carbons (Fsp3) is 0.455. The molecule has 1 heterocycles. The normalized spacial score (nSPS) is 10.6. The van der Waals surface area contributed by atoms with Crippen molar-refractivity contribution in [3.05, 3.63) is 21.0 Å². The van der Waals surface area contributed by atoms with Gasteiger partial charge in [-0.3, -0.25) is 4.79 Å². The van der Waals surface area contributed by atoms with Crippen molar-refractivity contribution in [2.75, 3.05) is 13.7 Å². The number of ether oxygens (including phenoxy) is 2. The Balaban J connectivity index is 3.10. The van der Waals surface area contributed by atoms with Crippen LogP contribution in [-0.2, 0) is 16.0 Å². The predicted molar refractivity (Wildman–Crippen MR) is 68.8 cm³/mol. The van der Waals surface area contributed by atoms with Gasteiger partial charge in [0.1, 0.15) is 5.69 Å². The molecular formula is C11H12F2INO3. The summed E-state index contributed by atoms with van der Waals surface area (Å²) in [5.41, 5.74) is -0.211. The summed E-state index contributed by atoms with van der Waals surface area (Å²) in [6.07, 6.45) is -2.88. The average molecular weight is 371 g/mol. The van der Waals surface area contributed by atoms with Crippen LogP contribution in [0.1, 0.15) is 24.7 Å². The second-order valence-electron chi connectivity index (χ2n) is 3.29. The monoisotopic (exact) mass is 371 g/mol. The molecule has 0 unspecified atom stereocenters. The SMILES string of the molecule is CCOC(=O)Cc1nc(C(F)F)cc(I)c1OC. The molecule has 1 rings (SSSR count). The standard InChI is InChI=1S/C11H12F2INO3/c1-3-18-9(16)5-7-10(17-2)6(14)4-8(15-7)11(12)13/h4,11H,3,5H2,1-2H3. The first-order valence-electron chi connectivity index (χ1n) is 5.16. The van der Waals surface area contributed by atoms with Crippen molar-refractivity contribution in [3.8, 4) is 5.75 Å². The van der Waals surface area contributed by atoms with E-state index >= 15 is 0 Å². The minimum atomic E-state index is -2.69. The summed E-state index contributed by atoms with van der Waals surface area (Å²) in [4.78, 5) is 15.1. The summed E-state index contributed by atoms with van der Waals surface area (Å²) in [6, 6.07) is 1.23. The molecule has 0 saturated heterocycles. The van der Waals surface area contributed by atoms with Crippen LogP contribution >= 0.6 is 22.6 Å². The number of aromatic nitrogens is 1. The number of hydrogen-bond acceptors (Lipinski definition) is 4. The van der Waals surface area contributed by atoms with Crippen LogP contribution < -0.4 is 4.74 Å². The quantitative estimate of drug-likeness (QED) is 0.590. The first-order chi connectivity index (χ1) is 8.49. The van der Waals surface area contributed by atoms with Crippen LogP contribution in [0, 0.1) is 3.57 Å². The smallest absolute Gasteiger partial charge is 0.312 e. The second kappa shape index (κ2) is 6.81. The summed E-state index contributed by atoms with van der Waals surface area (Å²) in [6.45, 7) is 1.90. The van der Waals surface area contributed by atoms with Gasteiger partial charge in [-0.25, -0.2) is 13.8 Å². The molecular weight excluding hydrogens is 359 g/mol. The van der Waals surface area contributed by atoms with E-state index in [0.717, 1.165) is 0 Å². The van der Waals surface area contributed by atoms with Crippen LogP contribution in [0.3, 0.4) is 0 Å². The number of rotatable bonds is 5. The largest absolute Gasteiger partial charge is 0.494 e. The highest BCUT2D eigenvalue weighted by atomic mass is 127. The average Bonchev–Trinajstić information content (AvgIpc) is 2.28. The molecule has 0 atom stereocenters. The third-order valence-corrected chi connectivity index (χ3v) is 2.86. The van der Waals surface area contributed by atoms with Gasteiger partial charge in [0.05, 0.1) is 29.4 Å². The molecule has 0 N–H and O–H groups in total. The maximum atomic E-state index is 12.6. The second-order valence-corrected chi connectivity index (χ2v) is 4.45. The van der Waals surface area contributed by atoms with Crippen molar-refractivity contribution in [3.63, 3.8) is 0 Å². The Morgan fingerprint density at radius 2 is 2.22 bits per heavy atom. The summed E-state index contributed by atoms with van der Waals surface area (Å²) in [5.74, 6) is -0.196. The van der Waals surface area contributed by atoms with E-state index in [2.05, 4.69) is 4.98 Å². The fourth-order valence-corrected chi connectivity index (χ4v) is 2.22. The summed E-state index contributed by atoms with van der Waals surface area (Å²) < 4.78 is 35.6. The molecule has 0 spiro atoms. The van der Waals surface area contributed by atoms with Gasteiger partial charge in [0, 0.05) is 0 Å². The molecule has 0 radical (unpaired) electrons. The molecule has 1 aromatic heterocycles. The number of alkyl halides is 2. The van der Waals surface area contributed by atoms with Crippen LogP contribution in [-0.4, -0.2) is 24.7 Å². The number of nitrogens with zero attached hydrogens (tertiary/aromatic N) is 1. The zero-order valence-corrected chi connectivity index (χ0v) is 12.0. The van der Waals surface area contributed by atoms with Gasteiger partial charge in [-0.1, -0.05) is 0 Å². The summed E-state index contributed by atoms with van der Waals surface area (Å²) in [7, 11) is 1.40. The molecule has 0 aliphatic heterocycles. The molecule has 1 aromatic rings. The lowest BCUT2D eigenvalue weighted by molar-refractivity contribution is -0.142. The van der Waals surface area contributed by atoms with Crippen LogP contribution in [0.5, 0.6) is 5.75 Å². The number of halogens is 3. The molecule has 0 fully saturated rings. The first-order valence-corrected chi connectivity index (χ1v) is 6.24. The fourth-order valence-electron chi connectivity index (χ4n) is 1.37. The van der Waals surface area contributed by atoms with Gasteiger partial charge in [-0.05, 0) is 35.6 Å². The Kier molecular flexibility index (Phi) is 5.70. The number of hydrogen-bond donors (Lipinski definition) is 0. The third-order valence-electron chi connectivity index (χ3n) is 2.06. The van der Waals surface area contributed by atoms with E-state index in [1.54, 1.807) is 6.92 Å². The van der Waals surface area contributed by atoms with Crippen molar-refractivity contribution in [2.24, 2.45) is 0 Å². The van der Waals surface area contributed by atoms with Crippen LogP contribution in [0.25, 0.3) is 0 Å². The number of pyridine rings is 1. The highest BCUT2D eigenvalue weighted by Gasteiger charge is 2.19. The van der Waals surface area contributed by atoms with Crippen LogP contribution in [0.2, 0.25) is 0 Å². The molecule has 100 valence electrons. The van der Waals surface area contributed by atoms with Crippen molar-refractivity contribution < 1.29 is 23.0 Å². The van der Waals surface area contributed by atoms with Crippen molar-refractivity contribution in [2.45, 2.75) is 19.8 Å². The lowest BCUT2D eigenvalue weighted by atomic mass is 10.2. The zero-order valence-electron chi connectivity index (χ0n) is 9.87. The van der Waals surface area contributed by atoms with Crippen molar-refractivity contribution >= 4 is 28.6 Å². The molecule has 0 saturated carbocycles. The van der Waals surface area contributed by atoms with Gasteiger partial charge in [-0.2, -0.15) is 0 Å². The van der Waals surface area contributed by atoms with Crippen LogP contribution in [0.15, 0.2) is 6.07 Å². The van der Waals surface area contributed by atoms with E-state index in [4.69, 9.17) is 9.47 Å². The molecule has 0 aliphatic carbocycles. The molecule has 7 heteroatoms. The van der Waals surface area contributed by atoms with E-state index in [9.17, 15) is 13.6 Å². The van der Waals surface area contributed by atoms with Crippen LogP contribution in [0.4, 0.5) is 8.78 Å². The lowest BCUT2D eigenvalue weighted by Gasteiger charge is -2.11. The Bertz CT molecular complexity index is 441. The molecule has 0 amide bonds. The minimum absolute atomic E-state index is 0.165. The number of esters is 1. The predicted octanol–water partition coefficient (Wildman–Crippen LogP) is 2.74. The van der Waals surface area contributed by atoms with Crippen molar-refractivity contribution in [1.82, 2.24) is 4.98 Å². The molecule has 0 bridgehead atoms. The third kappa shape index (κ3) is 3.76. The minimum Gasteiger partial charge on any atom is -0.494 e. The van der Waals surface area contributed by atoms with E-state index in [1.807, 2.05) is 22.6 Å². The summed E-state index contributed by atoms with van der Waals surface area (Å²) >= 11 is 1.86.